The summed E-state index contributed by atoms with van der Waals surface area (Å²) in [5, 5.41) is 13.3. The molecule has 1 amide bonds. The molecule has 2 heterocycles. The Balaban J connectivity index is 1.67. The molecule has 8 heteroatoms. The van der Waals surface area contributed by atoms with Crippen LogP contribution in [0.1, 0.15) is 24.5 Å². The Morgan fingerprint density at radius 3 is 2.62 bits per heavy atom. The number of para-hydroxylation sites is 1. The number of benzene rings is 2. The lowest BCUT2D eigenvalue weighted by molar-refractivity contribution is -0.115. The highest BCUT2D eigenvalue weighted by molar-refractivity contribution is 8.00. The highest BCUT2D eigenvalue weighted by atomic mass is 32.2. The first-order valence-corrected chi connectivity index (χ1v) is 11.3. The molecule has 0 saturated heterocycles. The van der Waals surface area contributed by atoms with Gasteiger partial charge in [0.1, 0.15) is 11.5 Å². The predicted molar refractivity (Wildman–Crippen MR) is 128 cm³/mol. The van der Waals surface area contributed by atoms with Crippen molar-refractivity contribution in [2.75, 3.05) is 19.5 Å². The Kier molecular flexibility index (Phi) is 6.23. The van der Waals surface area contributed by atoms with E-state index < -0.39 is 0 Å². The monoisotopic (exact) mass is 450 g/mol. The van der Waals surface area contributed by atoms with Gasteiger partial charge in [0.05, 0.1) is 30.7 Å². The zero-order valence-corrected chi connectivity index (χ0v) is 19.6. The van der Waals surface area contributed by atoms with E-state index in [9.17, 15) is 4.79 Å². The van der Waals surface area contributed by atoms with E-state index in [4.69, 9.17) is 9.47 Å². The maximum absolute atomic E-state index is 13.1. The van der Waals surface area contributed by atoms with Crippen molar-refractivity contribution in [1.82, 2.24) is 14.6 Å². The average Bonchev–Trinajstić information content (AvgIpc) is 3.19. The molecular weight excluding hydrogens is 424 g/mol. The van der Waals surface area contributed by atoms with E-state index in [1.165, 1.54) is 11.8 Å². The number of carbonyl (C=O) groups is 1. The number of aromatic nitrogens is 3. The molecule has 0 bridgehead atoms. The molecule has 0 radical (unpaired) electrons. The molecule has 0 saturated carbocycles. The van der Waals surface area contributed by atoms with Crippen LogP contribution < -0.4 is 14.8 Å². The number of methoxy groups -OCH3 is 2. The number of rotatable bonds is 7. The second-order valence-corrected chi connectivity index (χ2v) is 8.71. The number of nitrogens with zero attached hydrogens (tertiary/aromatic N) is 3. The van der Waals surface area contributed by atoms with Crippen molar-refractivity contribution in [2.24, 2.45) is 0 Å². The number of anilines is 1. The summed E-state index contributed by atoms with van der Waals surface area (Å²) in [5.74, 6) is 1.09. The first-order valence-electron chi connectivity index (χ1n) is 10.4. The third-order valence-electron chi connectivity index (χ3n) is 5.47. The maximum Gasteiger partial charge on any atom is 0.238 e. The van der Waals surface area contributed by atoms with Gasteiger partial charge >= 0.3 is 0 Å². The molecule has 4 aromatic rings. The Morgan fingerprint density at radius 1 is 1.09 bits per heavy atom. The first-order chi connectivity index (χ1) is 15.5. The average molecular weight is 451 g/mol. The van der Waals surface area contributed by atoms with Crippen LogP contribution in [0.3, 0.4) is 0 Å². The number of nitrogens with one attached hydrogen (secondary N) is 1. The molecule has 0 spiro atoms. The summed E-state index contributed by atoms with van der Waals surface area (Å²) in [6.07, 6.45) is 0.632. The molecule has 1 unspecified atom stereocenters. The van der Waals surface area contributed by atoms with Crippen molar-refractivity contribution in [2.45, 2.75) is 37.6 Å². The van der Waals surface area contributed by atoms with Crippen molar-refractivity contribution in [1.29, 1.82) is 0 Å². The molecule has 2 aromatic carbocycles. The standard InChI is InChI=1S/C24H26N4O3S/c1-6-20(23(29)25-18-11-10-16(30-4)13-19(18)31-5)32-24-27-26-21-12-15(3)17-9-7-8-14(2)22(17)28(21)24/h7-13,20H,6H2,1-5H3,(H,25,29). The molecule has 166 valence electrons. The van der Waals surface area contributed by atoms with Crippen molar-refractivity contribution in [3.05, 3.63) is 53.6 Å². The lowest BCUT2D eigenvalue weighted by Crippen LogP contribution is -2.25. The fourth-order valence-corrected chi connectivity index (χ4v) is 4.74. The summed E-state index contributed by atoms with van der Waals surface area (Å²) in [7, 11) is 3.15. The topological polar surface area (TPSA) is 77.8 Å². The fourth-order valence-electron chi connectivity index (χ4n) is 3.77. The largest absolute Gasteiger partial charge is 0.497 e. The summed E-state index contributed by atoms with van der Waals surface area (Å²) >= 11 is 1.41. The second kappa shape index (κ2) is 9.08. The van der Waals surface area contributed by atoms with Crippen LogP contribution in [0.2, 0.25) is 0 Å². The van der Waals surface area contributed by atoms with Crippen LogP contribution in [0.5, 0.6) is 11.5 Å². The minimum absolute atomic E-state index is 0.120. The van der Waals surface area contributed by atoms with Crippen LogP contribution >= 0.6 is 11.8 Å². The van der Waals surface area contributed by atoms with Gasteiger partial charge in [-0.2, -0.15) is 0 Å². The Bertz CT molecular complexity index is 1300. The number of hydrogen-bond donors (Lipinski definition) is 1. The number of hydrogen-bond acceptors (Lipinski definition) is 6. The minimum Gasteiger partial charge on any atom is -0.497 e. The number of aryl methyl sites for hydroxylation is 2. The Morgan fingerprint density at radius 2 is 1.91 bits per heavy atom. The maximum atomic E-state index is 13.1. The summed E-state index contributed by atoms with van der Waals surface area (Å²) < 4.78 is 12.7. The number of amides is 1. The van der Waals surface area contributed by atoms with Gasteiger partial charge in [-0.1, -0.05) is 36.9 Å². The number of ether oxygens (including phenoxy) is 2. The van der Waals surface area contributed by atoms with Gasteiger partial charge in [-0.15, -0.1) is 10.2 Å². The van der Waals surface area contributed by atoms with Crippen LogP contribution in [0.4, 0.5) is 5.69 Å². The molecular formula is C24H26N4O3S. The van der Waals surface area contributed by atoms with Gasteiger partial charge in [0.25, 0.3) is 0 Å². The zero-order valence-electron chi connectivity index (χ0n) is 18.8. The van der Waals surface area contributed by atoms with E-state index in [1.54, 1.807) is 32.4 Å². The number of thioether (sulfide) groups is 1. The van der Waals surface area contributed by atoms with Gasteiger partial charge in [0, 0.05) is 11.5 Å². The molecule has 4 rings (SSSR count). The molecule has 7 nitrogen and oxygen atoms in total. The molecule has 0 aliphatic rings. The van der Waals surface area contributed by atoms with Gasteiger partial charge in [0.2, 0.25) is 5.91 Å². The van der Waals surface area contributed by atoms with E-state index >= 15 is 0 Å². The van der Waals surface area contributed by atoms with E-state index in [2.05, 4.69) is 47.6 Å². The van der Waals surface area contributed by atoms with Gasteiger partial charge in [0.15, 0.2) is 10.8 Å². The van der Waals surface area contributed by atoms with Crippen LogP contribution in [-0.2, 0) is 4.79 Å². The lowest BCUT2D eigenvalue weighted by Gasteiger charge is -2.17. The predicted octanol–water partition coefficient (Wildman–Crippen LogP) is 5.03. The van der Waals surface area contributed by atoms with Crippen LogP contribution in [0.15, 0.2) is 47.6 Å². The third kappa shape index (κ3) is 3.98. The number of carbonyl (C=O) groups excluding carboxylic acids is 1. The van der Waals surface area contributed by atoms with E-state index in [0.717, 1.165) is 27.7 Å². The molecule has 0 fully saturated rings. The van der Waals surface area contributed by atoms with Crippen molar-refractivity contribution < 1.29 is 14.3 Å². The quantitative estimate of drug-likeness (QED) is 0.398. The summed E-state index contributed by atoms with van der Waals surface area (Å²) in [6, 6.07) is 13.6. The van der Waals surface area contributed by atoms with Crippen molar-refractivity contribution >= 4 is 39.9 Å². The van der Waals surface area contributed by atoms with Crippen molar-refractivity contribution in [3.63, 3.8) is 0 Å². The zero-order chi connectivity index (χ0) is 22.8. The first kappa shape index (κ1) is 22.0. The lowest BCUT2D eigenvalue weighted by atomic mass is 10.1. The van der Waals surface area contributed by atoms with Gasteiger partial charge < -0.3 is 14.8 Å². The number of pyridine rings is 1. The molecule has 1 atom stereocenters. The highest BCUT2D eigenvalue weighted by Crippen LogP contribution is 2.33. The third-order valence-corrected chi connectivity index (χ3v) is 6.77. The van der Waals surface area contributed by atoms with E-state index in [1.807, 2.05) is 17.4 Å². The smallest absolute Gasteiger partial charge is 0.238 e. The highest BCUT2D eigenvalue weighted by Gasteiger charge is 2.23. The molecule has 32 heavy (non-hydrogen) atoms. The molecule has 2 aromatic heterocycles. The molecule has 0 aliphatic carbocycles. The van der Waals surface area contributed by atoms with Crippen LogP contribution in [-0.4, -0.2) is 40.0 Å². The minimum atomic E-state index is -0.352. The number of fused-ring (bicyclic) bond motifs is 3. The van der Waals surface area contributed by atoms with Crippen LogP contribution in [0.25, 0.3) is 16.6 Å². The SMILES string of the molecule is CCC(Sc1nnc2cc(C)c3cccc(C)c3n12)C(=O)Nc1ccc(OC)cc1OC. The van der Waals surface area contributed by atoms with Gasteiger partial charge in [-0.3, -0.25) is 9.20 Å². The van der Waals surface area contributed by atoms with Gasteiger partial charge in [-0.25, -0.2) is 0 Å². The summed E-state index contributed by atoms with van der Waals surface area (Å²) in [4.78, 5) is 13.1. The summed E-state index contributed by atoms with van der Waals surface area (Å²) in [6.45, 7) is 6.14. The second-order valence-electron chi connectivity index (χ2n) is 7.54. The Hall–Kier alpha value is -3.26. The van der Waals surface area contributed by atoms with Gasteiger partial charge in [-0.05, 0) is 49.6 Å². The van der Waals surface area contributed by atoms with E-state index in [-0.39, 0.29) is 11.2 Å². The summed E-state index contributed by atoms with van der Waals surface area (Å²) in [5.41, 5.74) is 4.73. The van der Waals surface area contributed by atoms with Crippen LogP contribution in [0, 0.1) is 13.8 Å². The van der Waals surface area contributed by atoms with E-state index in [0.29, 0.717) is 28.8 Å². The normalized spacial score (nSPS) is 12.2. The fraction of sp³-hybridized carbons (Fsp3) is 0.292. The van der Waals surface area contributed by atoms with Crippen molar-refractivity contribution in [3.8, 4) is 11.5 Å². The Labute approximate surface area is 191 Å². The molecule has 1 N–H and O–H groups in total. The molecule has 0 aliphatic heterocycles.